The number of carbonyl (C=O) groups is 1. The first-order valence-corrected chi connectivity index (χ1v) is 9.18. The second-order valence-corrected chi connectivity index (χ2v) is 6.57. The molecule has 28 heavy (non-hydrogen) atoms. The Morgan fingerprint density at radius 2 is 1.61 bits per heavy atom. The van der Waals surface area contributed by atoms with E-state index < -0.39 is 0 Å². The van der Waals surface area contributed by atoms with Crippen molar-refractivity contribution in [3.63, 3.8) is 0 Å². The molecule has 3 aromatic carbocycles. The van der Waals surface area contributed by atoms with Crippen LogP contribution in [-0.4, -0.2) is 17.4 Å². The van der Waals surface area contributed by atoms with Crippen LogP contribution < -0.4 is 5.32 Å². The Kier molecular flexibility index (Phi) is 5.11. The molecule has 1 N–H and O–H groups in total. The molecular formula is C24H19FN2O. The SMILES string of the molecule is O=C(NCCc1ccccc1)c1cc(-c2ccccc2)nc2ccc(F)cc12. The van der Waals surface area contributed by atoms with Gasteiger partial charge in [0.05, 0.1) is 16.8 Å². The van der Waals surface area contributed by atoms with Gasteiger partial charge in [0.2, 0.25) is 0 Å². The lowest BCUT2D eigenvalue weighted by atomic mass is 10.0. The highest BCUT2D eigenvalue weighted by Crippen LogP contribution is 2.25. The van der Waals surface area contributed by atoms with E-state index >= 15 is 0 Å². The van der Waals surface area contributed by atoms with Gasteiger partial charge in [0.15, 0.2) is 0 Å². The van der Waals surface area contributed by atoms with E-state index in [0.717, 1.165) is 17.5 Å². The summed E-state index contributed by atoms with van der Waals surface area (Å²) in [6.07, 6.45) is 0.732. The first-order valence-electron chi connectivity index (χ1n) is 9.18. The van der Waals surface area contributed by atoms with E-state index in [2.05, 4.69) is 10.3 Å². The van der Waals surface area contributed by atoms with Gasteiger partial charge < -0.3 is 5.32 Å². The fourth-order valence-corrected chi connectivity index (χ4v) is 3.20. The minimum Gasteiger partial charge on any atom is -0.352 e. The van der Waals surface area contributed by atoms with E-state index in [1.807, 2.05) is 60.7 Å². The number of halogens is 1. The minimum atomic E-state index is -0.389. The molecule has 0 aliphatic carbocycles. The Balaban J connectivity index is 1.65. The molecule has 4 heteroatoms. The Morgan fingerprint density at radius 1 is 0.893 bits per heavy atom. The van der Waals surface area contributed by atoms with Crippen molar-refractivity contribution in [2.24, 2.45) is 0 Å². The topological polar surface area (TPSA) is 42.0 Å². The molecule has 0 saturated heterocycles. The summed E-state index contributed by atoms with van der Waals surface area (Å²) in [4.78, 5) is 17.5. The molecule has 0 bridgehead atoms. The van der Waals surface area contributed by atoms with Crippen LogP contribution in [0.2, 0.25) is 0 Å². The summed E-state index contributed by atoms with van der Waals surface area (Å²) in [6, 6.07) is 25.7. The van der Waals surface area contributed by atoms with E-state index in [-0.39, 0.29) is 11.7 Å². The quantitative estimate of drug-likeness (QED) is 0.536. The molecule has 138 valence electrons. The number of rotatable bonds is 5. The maximum Gasteiger partial charge on any atom is 0.252 e. The van der Waals surface area contributed by atoms with Gasteiger partial charge in [-0.15, -0.1) is 0 Å². The average molecular weight is 370 g/mol. The van der Waals surface area contributed by atoms with E-state index in [0.29, 0.717) is 28.7 Å². The van der Waals surface area contributed by atoms with Gasteiger partial charge in [0, 0.05) is 17.5 Å². The number of amides is 1. The molecule has 1 heterocycles. The summed E-state index contributed by atoms with van der Waals surface area (Å²) >= 11 is 0. The van der Waals surface area contributed by atoms with Crippen LogP contribution in [0.3, 0.4) is 0 Å². The first kappa shape index (κ1) is 17.9. The van der Waals surface area contributed by atoms with Gasteiger partial charge in [-0.05, 0) is 36.2 Å². The predicted molar refractivity (Wildman–Crippen MR) is 110 cm³/mol. The lowest BCUT2D eigenvalue weighted by Gasteiger charge is -2.11. The Labute approximate surface area is 162 Å². The summed E-state index contributed by atoms with van der Waals surface area (Å²) < 4.78 is 13.8. The monoisotopic (exact) mass is 370 g/mol. The summed E-state index contributed by atoms with van der Waals surface area (Å²) in [7, 11) is 0. The number of pyridine rings is 1. The van der Waals surface area contributed by atoms with Gasteiger partial charge in [0.1, 0.15) is 5.82 Å². The zero-order chi connectivity index (χ0) is 19.3. The highest BCUT2D eigenvalue weighted by Gasteiger charge is 2.14. The molecule has 0 saturated carbocycles. The van der Waals surface area contributed by atoms with Crippen LogP contribution in [0, 0.1) is 5.82 Å². The van der Waals surface area contributed by atoms with Gasteiger partial charge in [-0.3, -0.25) is 4.79 Å². The van der Waals surface area contributed by atoms with Crippen molar-refractivity contribution in [3.05, 3.63) is 102 Å². The van der Waals surface area contributed by atoms with Crippen LogP contribution in [0.1, 0.15) is 15.9 Å². The first-order chi connectivity index (χ1) is 13.7. The summed E-state index contributed by atoms with van der Waals surface area (Å²) in [5.41, 5.74) is 3.77. The maximum atomic E-state index is 13.8. The predicted octanol–water partition coefficient (Wildman–Crippen LogP) is 5.01. The van der Waals surface area contributed by atoms with Crippen LogP contribution in [0.5, 0.6) is 0 Å². The Bertz CT molecular complexity index is 1110. The van der Waals surface area contributed by atoms with Crippen molar-refractivity contribution in [1.29, 1.82) is 0 Å². The summed E-state index contributed by atoms with van der Waals surface area (Å²) in [5.74, 6) is -0.619. The van der Waals surface area contributed by atoms with Gasteiger partial charge in [0.25, 0.3) is 5.91 Å². The van der Waals surface area contributed by atoms with Crippen molar-refractivity contribution >= 4 is 16.8 Å². The number of benzene rings is 3. The number of nitrogens with one attached hydrogen (secondary N) is 1. The number of hydrogen-bond acceptors (Lipinski definition) is 2. The molecule has 0 spiro atoms. The largest absolute Gasteiger partial charge is 0.352 e. The minimum absolute atomic E-state index is 0.230. The molecule has 1 aromatic heterocycles. The van der Waals surface area contributed by atoms with Crippen molar-refractivity contribution in [2.45, 2.75) is 6.42 Å². The van der Waals surface area contributed by atoms with Crippen molar-refractivity contribution < 1.29 is 9.18 Å². The van der Waals surface area contributed by atoms with Crippen molar-refractivity contribution in [1.82, 2.24) is 10.3 Å². The van der Waals surface area contributed by atoms with Crippen LogP contribution in [-0.2, 0) is 6.42 Å². The van der Waals surface area contributed by atoms with Crippen molar-refractivity contribution in [2.75, 3.05) is 6.54 Å². The fourth-order valence-electron chi connectivity index (χ4n) is 3.20. The normalized spacial score (nSPS) is 10.8. The molecule has 3 nitrogen and oxygen atoms in total. The van der Waals surface area contributed by atoms with Crippen molar-refractivity contribution in [3.8, 4) is 11.3 Å². The van der Waals surface area contributed by atoms with Crippen LogP contribution >= 0.6 is 0 Å². The Morgan fingerprint density at radius 3 is 2.36 bits per heavy atom. The number of nitrogens with zero attached hydrogens (tertiary/aromatic N) is 1. The van der Waals surface area contributed by atoms with E-state index in [1.165, 1.54) is 12.1 Å². The number of aromatic nitrogens is 1. The average Bonchev–Trinajstić information content (AvgIpc) is 2.74. The van der Waals surface area contributed by atoms with E-state index in [9.17, 15) is 9.18 Å². The van der Waals surface area contributed by atoms with E-state index in [4.69, 9.17) is 0 Å². The smallest absolute Gasteiger partial charge is 0.252 e. The Hall–Kier alpha value is -3.53. The van der Waals surface area contributed by atoms with Gasteiger partial charge in [-0.25, -0.2) is 9.37 Å². The van der Waals surface area contributed by atoms with Crippen LogP contribution in [0.15, 0.2) is 84.9 Å². The third-order valence-corrected chi connectivity index (χ3v) is 4.63. The van der Waals surface area contributed by atoms with Gasteiger partial charge >= 0.3 is 0 Å². The summed E-state index contributed by atoms with van der Waals surface area (Å²) in [5, 5.41) is 3.46. The van der Waals surface area contributed by atoms with Gasteiger partial charge in [-0.2, -0.15) is 0 Å². The fraction of sp³-hybridized carbons (Fsp3) is 0.0833. The number of fused-ring (bicyclic) bond motifs is 1. The highest BCUT2D eigenvalue weighted by atomic mass is 19.1. The standard InChI is InChI=1S/C24H19FN2O/c25-19-11-12-22-20(15-19)21(16-23(27-22)18-9-5-2-6-10-18)24(28)26-14-13-17-7-3-1-4-8-17/h1-12,15-16H,13-14H2,(H,26,28). The molecule has 0 fully saturated rings. The molecule has 4 rings (SSSR count). The molecule has 0 aliphatic heterocycles. The second-order valence-electron chi connectivity index (χ2n) is 6.57. The number of hydrogen-bond donors (Lipinski definition) is 1. The molecule has 1 amide bonds. The van der Waals surface area contributed by atoms with E-state index in [1.54, 1.807) is 12.1 Å². The lowest BCUT2D eigenvalue weighted by molar-refractivity contribution is 0.0956. The maximum absolute atomic E-state index is 13.8. The third-order valence-electron chi connectivity index (χ3n) is 4.63. The number of carbonyl (C=O) groups excluding carboxylic acids is 1. The summed E-state index contributed by atoms with van der Waals surface area (Å²) in [6.45, 7) is 0.503. The molecule has 0 radical (unpaired) electrons. The molecule has 4 aromatic rings. The van der Waals surface area contributed by atoms with Crippen LogP contribution in [0.25, 0.3) is 22.2 Å². The zero-order valence-electron chi connectivity index (χ0n) is 15.2. The lowest BCUT2D eigenvalue weighted by Crippen LogP contribution is -2.26. The zero-order valence-corrected chi connectivity index (χ0v) is 15.2. The molecular weight excluding hydrogens is 351 g/mol. The van der Waals surface area contributed by atoms with Crippen LogP contribution in [0.4, 0.5) is 4.39 Å². The molecule has 0 atom stereocenters. The molecule has 0 aliphatic rings. The third kappa shape index (κ3) is 3.91. The highest BCUT2D eigenvalue weighted by molar-refractivity contribution is 6.07. The second kappa shape index (κ2) is 8.01. The molecule has 0 unspecified atom stereocenters. The van der Waals surface area contributed by atoms with Gasteiger partial charge in [-0.1, -0.05) is 60.7 Å².